The molecule has 6 aromatic rings. The van der Waals surface area contributed by atoms with Crippen molar-refractivity contribution in [3.05, 3.63) is 169 Å². The van der Waals surface area contributed by atoms with Crippen LogP contribution in [-0.4, -0.2) is 35.6 Å². The van der Waals surface area contributed by atoms with Crippen LogP contribution in [0.3, 0.4) is 0 Å². The number of hydrogen-bond acceptors (Lipinski definition) is 7. The molecule has 0 saturated carbocycles. The summed E-state index contributed by atoms with van der Waals surface area (Å²) >= 11 is 0. The molecular weight excluding hydrogens is 793 g/mol. The maximum Gasteiger partial charge on any atom is 0.0888 e. The quantitative estimate of drug-likeness (QED) is 0.152. The second-order valence-electron chi connectivity index (χ2n) is 12.0. The molecule has 0 aromatic carbocycles. The van der Waals surface area contributed by atoms with Crippen LogP contribution in [-0.2, 0) is 26.2 Å². The molecule has 0 spiro atoms. The zero-order valence-corrected chi connectivity index (χ0v) is 31.4. The molecule has 0 saturated heterocycles. The van der Waals surface area contributed by atoms with E-state index in [1.165, 1.54) is 29.5 Å². The number of hydrogen-bond donors (Lipinski definition) is 0. The number of rotatable bonds is 8. The Kier molecular flexibility index (Phi) is 15.4. The maximum atomic E-state index is 4.46. The largest absolute Gasteiger partial charge is 0.265 e. The predicted molar refractivity (Wildman–Crippen MR) is 199 cm³/mol. The molecule has 7 nitrogen and oxygen atoms in total. The Morgan fingerprint density at radius 2 is 1.22 bits per heavy atom. The Labute approximate surface area is 309 Å². The van der Waals surface area contributed by atoms with Crippen molar-refractivity contribution in [1.29, 1.82) is 0 Å². The molecule has 8 heteroatoms. The maximum absolute atomic E-state index is 4.46. The van der Waals surface area contributed by atoms with Gasteiger partial charge in [0.15, 0.2) is 0 Å². The Morgan fingerprint density at radius 3 is 1.80 bits per heavy atom. The SMILES string of the molecule is CCCC1C=CN=C(c2ccccn2)C1.Cc1ccnc(-c2cc(CC(C)c3ccncc3)ccn2)c1.[Os].c1ccc(-c2ccccn2)nc1. The van der Waals surface area contributed by atoms with Gasteiger partial charge in [-0.1, -0.05) is 44.5 Å². The number of aryl methyl sites for hydroxylation is 1. The van der Waals surface area contributed by atoms with E-state index in [0.29, 0.717) is 11.8 Å². The fourth-order valence-corrected chi connectivity index (χ4v) is 5.51. The molecule has 0 aliphatic carbocycles. The Morgan fingerprint density at radius 1 is 0.640 bits per heavy atom. The molecule has 1 aliphatic rings. The Bertz CT molecular complexity index is 1860. The van der Waals surface area contributed by atoms with Gasteiger partial charge in [0.05, 0.1) is 34.2 Å². The van der Waals surface area contributed by atoms with Crippen molar-refractivity contribution in [2.75, 3.05) is 0 Å². The summed E-state index contributed by atoms with van der Waals surface area (Å²) < 4.78 is 0. The third-order valence-electron chi connectivity index (χ3n) is 8.08. The van der Waals surface area contributed by atoms with Crippen molar-refractivity contribution in [1.82, 2.24) is 29.9 Å². The van der Waals surface area contributed by atoms with E-state index in [0.717, 1.165) is 47.0 Å². The van der Waals surface area contributed by atoms with Crippen LogP contribution in [0.15, 0.2) is 152 Å². The molecule has 6 aromatic heterocycles. The van der Waals surface area contributed by atoms with Gasteiger partial charge in [-0.15, -0.1) is 0 Å². The monoisotopic (exact) mass is 837 g/mol. The molecule has 0 radical (unpaired) electrons. The van der Waals surface area contributed by atoms with Gasteiger partial charge < -0.3 is 0 Å². The van der Waals surface area contributed by atoms with Crippen LogP contribution in [0.1, 0.15) is 61.4 Å². The smallest absolute Gasteiger partial charge is 0.0888 e. The zero-order valence-electron chi connectivity index (χ0n) is 28.8. The number of aromatic nitrogens is 6. The molecule has 0 fully saturated rings. The van der Waals surface area contributed by atoms with Crippen LogP contribution >= 0.6 is 0 Å². The van der Waals surface area contributed by atoms with E-state index in [4.69, 9.17) is 0 Å². The first-order chi connectivity index (χ1) is 24.1. The molecule has 1 aliphatic heterocycles. The molecule has 0 bridgehead atoms. The fraction of sp³-hybridized carbons (Fsp3) is 0.214. The normalized spacial score (nSPS) is 13.7. The van der Waals surface area contributed by atoms with Crippen LogP contribution in [0.25, 0.3) is 22.8 Å². The van der Waals surface area contributed by atoms with Gasteiger partial charge in [0.25, 0.3) is 0 Å². The van der Waals surface area contributed by atoms with Crippen molar-refractivity contribution in [2.24, 2.45) is 10.9 Å². The average Bonchev–Trinajstić information content (AvgIpc) is 3.17. The van der Waals surface area contributed by atoms with E-state index in [-0.39, 0.29) is 19.8 Å². The van der Waals surface area contributed by atoms with Gasteiger partial charge in [-0.05, 0) is 128 Å². The summed E-state index contributed by atoms with van der Waals surface area (Å²) in [5.41, 5.74) is 9.61. The molecule has 7 rings (SSSR count). The van der Waals surface area contributed by atoms with Crippen LogP contribution in [0.4, 0.5) is 0 Å². The molecule has 254 valence electrons. The van der Waals surface area contributed by atoms with Crippen LogP contribution in [0.5, 0.6) is 0 Å². The van der Waals surface area contributed by atoms with E-state index in [2.05, 4.69) is 92.1 Å². The first-order valence-corrected chi connectivity index (χ1v) is 16.8. The van der Waals surface area contributed by atoms with Gasteiger partial charge >= 0.3 is 0 Å². The molecular formula is C42H43N7Os. The molecule has 0 amide bonds. The average molecular weight is 836 g/mol. The van der Waals surface area contributed by atoms with E-state index < -0.39 is 0 Å². The minimum absolute atomic E-state index is 0. The van der Waals surface area contributed by atoms with E-state index in [9.17, 15) is 0 Å². The number of nitrogens with zero attached hydrogens (tertiary/aromatic N) is 7. The first-order valence-electron chi connectivity index (χ1n) is 16.8. The fourth-order valence-electron chi connectivity index (χ4n) is 5.51. The zero-order chi connectivity index (χ0) is 34.1. The second kappa shape index (κ2) is 20.5. The topological polar surface area (TPSA) is 89.7 Å². The van der Waals surface area contributed by atoms with Gasteiger partial charge in [-0.3, -0.25) is 34.9 Å². The Hall–Kier alpha value is -5.05. The summed E-state index contributed by atoms with van der Waals surface area (Å²) in [6, 6.07) is 30.0. The second-order valence-corrected chi connectivity index (χ2v) is 12.0. The summed E-state index contributed by atoms with van der Waals surface area (Å²) in [6.07, 6.45) is 21.4. The Balaban J connectivity index is 0.000000176. The summed E-state index contributed by atoms with van der Waals surface area (Å²) in [5.74, 6) is 1.09. The van der Waals surface area contributed by atoms with E-state index in [1.54, 1.807) is 12.4 Å². The van der Waals surface area contributed by atoms with Crippen LogP contribution < -0.4 is 0 Å². The van der Waals surface area contributed by atoms with Gasteiger partial charge in [-0.2, -0.15) is 0 Å². The summed E-state index contributed by atoms with van der Waals surface area (Å²) in [4.78, 5) is 30.1. The molecule has 0 N–H and O–H groups in total. The van der Waals surface area contributed by atoms with Crippen molar-refractivity contribution in [3.8, 4) is 22.8 Å². The van der Waals surface area contributed by atoms with Crippen molar-refractivity contribution < 1.29 is 19.8 Å². The van der Waals surface area contributed by atoms with Crippen molar-refractivity contribution >= 4 is 5.71 Å². The van der Waals surface area contributed by atoms with Gasteiger partial charge in [0.2, 0.25) is 0 Å². The first kappa shape index (κ1) is 37.8. The van der Waals surface area contributed by atoms with E-state index >= 15 is 0 Å². The van der Waals surface area contributed by atoms with Crippen molar-refractivity contribution in [2.45, 2.75) is 52.4 Å². The van der Waals surface area contributed by atoms with Crippen molar-refractivity contribution in [3.63, 3.8) is 0 Å². The molecule has 50 heavy (non-hydrogen) atoms. The van der Waals surface area contributed by atoms with Gasteiger partial charge in [-0.25, -0.2) is 0 Å². The molecule has 2 unspecified atom stereocenters. The minimum atomic E-state index is 0. The number of aliphatic imine (C=N–C) groups is 1. The summed E-state index contributed by atoms with van der Waals surface area (Å²) in [6.45, 7) is 6.53. The summed E-state index contributed by atoms with van der Waals surface area (Å²) in [5, 5.41) is 0. The predicted octanol–water partition coefficient (Wildman–Crippen LogP) is 9.54. The molecule has 7 heterocycles. The van der Waals surface area contributed by atoms with Gasteiger partial charge in [0.1, 0.15) is 0 Å². The number of allylic oxidation sites excluding steroid dienone is 1. The van der Waals surface area contributed by atoms with Gasteiger partial charge in [0, 0.05) is 69.4 Å². The molecule has 2 atom stereocenters. The van der Waals surface area contributed by atoms with Crippen LogP contribution in [0.2, 0.25) is 0 Å². The third kappa shape index (κ3) is 11.8. The minimum Gasteiger partial charge on any atom is -0.265 e. The number of pyridine rings is 6. The third-order valence-corrected chi connectivity index (χ3v) is 8.08. The van der Waals surface area contributed by atoms with Crippen LogP contribution in [0, 0.1) is 12.8 Å². The standard InChI is InChI=1S/C19H19N3.C13H16N2.C10H8N2.Os/c1-14-3-9-21-18(11-14)19-13-16(4-10-22-19)12-15(2)17-5-7-20-8-6-17;1-2-5-11-7-9-15-13(10-11)12-6-3-4-8-14-12;1-3-7-11-9(5-1)10-6-2-4-8-12-10;/h3-11,13,15H,12H2,1-2H3;3-4,6-9,11H,2,5,10H2,1H3;1-8H;. The van der Waals surface area contributed by atoms with E-state index in [1.807, 2.05) is 97.8 Å². The summed E-state index contributed by atoms with van der Waals surface area (Å²) in [7, 11) is 0.